The van der Waals surface area contributed by atoms with E-state index in [-0.39, 0.29) is 0 Å². The second-order valence-electron chi connectivity index (χ2n) is 8.67. The van der Waals surface area contributed by atoms with Crippen molar-refractivity contribution in [3.8, 4) is 10.4 Å². The van der Waals surface area contributed by atoms with E-state index in [2.05, 4.69) is 96.1 Å². The van der Waals surface area contributed by atoms with E-state index < -0.39 is 0 Å². The molecule has 6 rings (SSSR count). The number of hydrogen-bond acceptors (Lipinski definition) is 2. The number of hydrogen-bond donors (Lipinski definition) is 2. The van der Waals surface area contributed by atoms with Gasteiger partial charge in [0.1, 0.15) is 0 Å². The maximum absolute atomic E-state index is 3.89. The minimum Gasteiger partial charge on any atom is -0.357 e. The Balaban J connectivity index is 1.36. The summed E-state index contributed by atoms with van der Waals surface area (Å²) < 4.78 is 1.35. The molecule has 0 saturated carbocycles. The second-order valence-corrected chi connectivity index (χ2v) is 9.75. The van der Waals surface area contributed by atoms with Gasteiger partial charge in [0.2, 0.25) is 0 Å². The highest BCUT2D eigenvalue weighted by molar-refractivity contribution is 7.22. The first-order valence-electron chi connectivity index (χ1n) is 11.2. The van der Waals surface area contributed by atoms with Crippen molar-refractivity contribution in [1.29, 1.82) is 0 Å². The van der Waals surface area contributed by atoms with E-state index in [0.717, 1.165) is 6.42 Å². The molecule has 1 aliphatic carbocycles. The molecule has 3 heteroatoms. The van der Waals surface area contributed by atoms with Gasteiger partial charge in [-0.2, -0.15) is 0 Å². The molecule has 154 valence electrons. The number of aromatic nitrogens is 1. The lowest BCUT2D eigenvalue weighted by molar-refractivity contribution is 0.410. The molecule has 2 N–H and O–H groups in total. The minimum atomic E-state index is 0.331. The zero-order chi connectivity index (χ0) is 20.8. The third kappa shape index (κ3) is 3.38. The van der Waals surface area contributed by atoms with E-state index in [4.69, 9.17) is 0 Å². The maximum Gasteiger partial charge on any atom is 0.0480 e. The first-order chi connectivity index (χ1) is 15.3. The van der Waals surface area contributed by atoms with Crippen molar-refractivity contribution < 1.29 is 0 Å². The lowest BCUT2D eigenvalue weighted by Crippen LogP contribution is -2.27. The number of H-pyrrole nitrogens is 1. The Labute approximate surface area is 186 Å². The van der Waals surface area contributed by atoms with Gasteiger partial charge in [-0.3, -0.25) is 0 Å². The molecular formula is C28H26N2S. The van der Waals surface area contributed by atoms with Crippen LogP contribution >= 0.6 is 11.3 Å². The van der Waals surface area contributed by atoms with Crippen LogP contribution in [-0.2, 0) is 6.42 Å². The van der Waals surface area contributed by atoms with Crippen LogP contribution < -0.4 is 5.32 Å². The van der Waals surface area contributed by atoms with Crippen LogP contribution in [0, 0.1) is 0 Å². The van der Waals surface area contributed by atoms with Crippen molar-refractivity contribution >= 4 is 32.3 Å². The minimum absolute atomic E-state index is 0.331. The van der Waals surface area contributed by atoms with Gasteiger partial charge in [-0.1, -0.05) is 54.6 Å². The van der Waals surface area contributed by atoms with E-state index in [1.807, 2.05) is 11.3 Å². The lowest BCUT2D eigenvalue weighted by atomic mass is 9.90. The number of rotatable bonds is 4. The molecule has 0 spiro atoms. The molecule has 0 radical (unpaired) electrons. The quantitative estimate of drug-likeness (QED) is 0.304. The molecule has 2 atom stereocenters. The predicted molar refractivity (Wildman–Crippen MR) is 133 cm³/mol. The fraction of sp³-hybridized carbons (Fsp3) is 0.214. The van der Waals surface area contributed by atoms with Crippen LogP contribution in [0.1, 0.15) is 48.7 Å². The molecule has 0 aliphatic heterocycles. The van der Waals surface area contributed by atoms with E-state index in [1.54, 1.807) is 0 Å². The average Bonchev–Trinajstić information content (AvgIpc) is 3.41. The van der Waals surface area contributed by atoms with Crippen LogP contribution in [-0.4, -0.2) is 4.98 Å². The Morgan fingerprint density at radius 2 is 1.81 bits per heavy atom. The third-order valence-corrected chi connectivity index (χ3v) is 7.83. The van der Waals surface area contributed by atoms with Gasteiger partial charge in [-0.15, -0.1) is 11.3 Å². The molecule has 0 saturated heterocycles. The maximum atomic E-state index is 3.89. The van der Waals surface area contributed by atoms with E-state index in [9.17, 15) is 0 Å². The fourth-order valence-corrected chi connectivity index (χ4v) is 6.11. The highest BCUT2D eigenvalue weighted by Gasteiger charge is 2.25. The Morgan fingerprint density at radius 1 is 0.968 bits per heavy atom. The summed E-state index contributed by atoms with van der Waals surface area (Å²) in [5.41, 5.74) is 6.82. The van der Waals surface area contributed by atoms with Crippen molar-refractivity contribution in [1.82, 2.24) is 10.3 Å². The summed E-state index contributed by atoms with van der Waals surface area (Å²) in [5.74, 6) is 0. The van der Waals surface area contributed by atoms with Gasteiger partial charge in [0, 0.05) is 38.3 Å². The average molecular weight is 423 g/mol. The van der Waals surface area contributed by atoms with Gasteiger partial charge in [-0.25, -0.2) is 0 Å². The lowest BCUT2D eigenvalue weighted by Gasteiger charge is -2.27. The number of thiophene rings is 1. The molecule has 1 unspecified atom stereocenters. The predicted octanol–water partition coefficient (Wildman–Crippen LogP) is 7.78. The molecule has 2 nitrogen and oxygen atoms in total. The van der Waals surface area contributed by atoms with Gasteiger partial charge >= 0.3 is 0 Å². The van der Waals surface area contributed by atoms with E-state index in [1.165, 1.54) is 61.1 Å². The van der Waals surface area contributed by atoms with Gasteiger partial charge in [0.05, 0.1) is 0 Å². The summed E-state index contributed by atoms with van der Waals surface area (Å²) in [4.78, 5) is 5.12. The molecule has 31 heavy (non-hydrogen) atoms. The van der Waals surface area contributed by atoms with Crippen LogP contribution in [0.4, 0.5) is 0 Å². The van der Waals surface area contributed by atoms with Crippen LogP contribution in [0.5, 0.6) is 0 Å². The molecule has 5 aromatic rings. The largest absolute Gasteiger partial charge is 0.357 e. The highest BCUT2D eigenvalue weighted by atomic mass is 32.1. The number of nitrogens with one attached hydrogen (secondary N) is 2. The Hall–Kier alpha value is -2.88. The number of fused-ring (bicyclic) bond motifs is 4. The molecule has 1 aliphatic rings. The Kier molecular flexibility index (Phi) is 4.66. The number of benzene rings is 3. The Bertz CT molecular complexity index is 1330. The first-order valence-corrected chi connectivity index (χ1v) is 12.0. The van der Waals surface area contributed by atoms with Crippen molar-refractivity contribution in [2.24, 2.45) is 0 Å². The molecule has 2 aromatic heterocycles. The first kappa shape index (κ1) is 18.9. The van der Waals surface area contributed by atoms with E-state index in [0.29, 0.717) is 12.1 Å². The summed E-state index contributed by atoms with van der Waals surface area (Å²) in [6.45, 7) is 2.27. The monoisotopic (exact) mass is 422 g/mol. The number of aryl methyl sites for hydroxylation is 1. The summed E-state index contributed by atoms with van der Waals surface area (Å²) in [6.07, 6.45) is 3.56. The van der Waals surface area contributed by atoms with Crippen LogP contribution in [0.25, 0.3) is 31.4 Å². The smallest absolute Gasteiger partial charge is 0.0480 e. The zero-order valence-electron chi connectivity index (χ0n) is 17.7. The topological polar surface area (TPSA) is 27.8 Å². The zero-order valence-corrected chi connectivity index (χ0v) is 18.5. The molecule has 3 aromatic carbocycles. The second kappa shape index (κ2) is 7.67. The summed E-state index contributed by atoms with van der Waals surface area (Å²) in [6, 6.07) is 29.4. The Morgan fingerprint density at radius 3 is 2.68 bits per heavy atom. The molecular weight excluding hydrogens is 396 g/mol. The van der Waals surface area contributed by atoms with Crippen LogP contribution in [0.15, 0.2) is 78.9 Å². The van der Waals surface area contributed by atoms with E-state index >= 15 is 0 Å². The van der Waals surface area contributed by atoms with Gasteiger partial charge < -0.3 is 10.3 Å². The molecule has 0 bridgehead atoms. The third-order valence-electron chi connectivity index (χ3n) is 6.67. The highest BCUT2D eigenvalue weighted by Crippen LogP contribution is 2.39. The fourth-order valence-electron chi connectivity index (χ4n) is 5.05. The van der Waals surface area contributed by atoms with Crippen molar-refractivity contribution in [3.63, 3.8) is 0 Å². The van der Waals surface area contributed by atoms with Crippen LogP contribution in [0.2, 0.25) is 0 Å². The molecule has 0 fully saturated rings. The molecule has 0 amide bonds. The van der Waals surface area contributed by atoms with Gasteiger partial charge in [0.25, 0.3) is 0 Å². The van der Waals surface area contributed by atoms with Crippen molar-refractivity contribution in [2.45, 2.75) is 38.3 Å². The standard InChI is InChI=1S/C28H26N2S/c1-18(19-8-3-2-4-9-19)29-25-12-7-11-22-23-16-21(14-15-24(23)30-28(22)25)27-17-20-10-5-6-13-26(20)31-27/h2-6,8-10,13-18,25,29-30H,7,11-12H2,1H3/t18-,25?/m1/s1. The van der Waals surface area contributed by atoms with Gasteiger partial charge in [0.15, 0.2) is 0 Å². The van der Waals surface area contributed by atoms with Crippen molar-refractivity contribution in [2.75, 3.05) is 0 Å². The van der Waals surface area contributed by atoms with Gasteiger partial charge in [-0.05, 0) is 72.5 Å². The normalized spacial score (nSPS) is 17.1. The van der Waals surface area contributed by atoms with Crippen molar-refractivity contribution in [3.05, 3.63) is 95.7 Å². The molecule has 2 heterocycles. The van der Waals surface area contributed by atoms with Crippen LogP contribution in [0.3, 0.4) is 0 Å². The summed E-state index contributed by atoms with van der Waals surface area (Å²) in [7, 11) is 0. The SMILES string of the molecule is C[C@@H](NC1CCCc2c1[nH]c1ccc(-c3cc4ccccc4s3)cc21)c1ccccc1. The summed E-state index contributed by atoms with van der Waals surface area (Å²) >= 11 is 1.88. The number of aromatic amines is 1. The summed E-state index contributed by atoms with van der Waals surface area (Å²) in [5, 5.41) is 6.61.